The number of pyridine rings is 2. The van der Waals surface area contributed by atoms with Crippen molar-refractivity contribution >= 4 is 21.8 Å². The molecule has 0 saturated carbocycles. The van der Waals surface area contributed by atoms with E-state index in [9.17, 15) is 0 Å². The molecule has 3 aromatic carbocycles. The minimum atomic E-state index is -1.16. The maximum Gasteiger partial charge on any atom is 0.305 e. The van der Waals surface area contributed by atoms with Crippen molar-refractivity contribution in [1.29, 1.82) is 0 Å². The number of benzene rings is 3. The molecule has 5 heteroatoms. The third-order valence-electron chi connectivity index (χ3n) is 5.66. The lowest BCUT2D eigenvalue weighted by Crippen LogP contribution is -2.36. The summed E-state index contributed by atoms with van der Waals surface area (Å²) in [6.45, 7) is 0. The number of rotatable bonds is 3. The topological polar surface area (TPSA) is 53.5 Å². The van der Waals surface area contributed by atoms with Crippen LogP contribution in [-0.2, 0) is 5.79 Å². The van der Waals surface area contributed by atoms with E-state index in [-0.39, 0.29) is 0 Å². The SMILES string of the molecule is COc1ccc(C2(c3ccccc3)Oc3c(c4ncccc4c4cccnc34)O2)cc1. The number of hydrogen-bond acceptors (Lipinski definition) is 5. The first-order valence-electron chi connectivity index (χ1n) is 10.0. The molecule has 0 fully saturated rings. The molecule has 0 saturated heterocycles. The molecule has 150 valence electrons. The molecule has 0 radical (unpaired) electrons. The Kier molecular flexibility index (Phi) is 3.83. The van der Waals surface area contributed by atoms with Crippen LogP contribution in [0.1, 0.15) is 11.1 Å². The zero-order valence-corrected chi connectivity index (χ0v) is 16.8. The van der Waals surface area contributed by atoms with Crippen LogP contribution in [0.15, 0.2) is 91.3 Å². The molecule has 1 aliphatic heterocycles. The molecule has 0 unspecified atom stereocenters. The highest BCUT2D eigenvalue weighted by molar-refractivity contribution is 6.11. The summed E-state index contributed by atoms with van der Waals surface area (Å²) in [5.41, 5.74) is 3.24. The van der Waals surface area contributed by atoms with Gasteiger partial charge in [0.2, 0.25) is 0 Å². The molecule has 5 nitrogen and oxygen atoms in total. The maximum absolute atomic E-state index is 6.70. The highest BCUT2D eigenvalue weighted by Gasteiger charge is 2.47. The molecule has 5 aromatic rings. The molecular formula is C26H18N2O3. The smallest absolute Gasteiger partial charge is 0.305 e. The Hall–Kier alpha value is -4.12. The molecule has 0 spiro atoms. The third kappa shape index (κ3) is 2.56. The van der Waals surface area contributed by atoms with Crippen LogP contribution >= 0.6 is 0 Å². The lowest BCUT2D eigenvalue weighted by atomic mass is 9.97. The van der Waals surface area contributed by atoms with Crippen LogP contribution in [0.5, 0.6) is 17.2 Å². The normalized spacial score (nSPS) is 14.1. The van der Waals surface area contributed by atoms with E-state index in [2.05, 4.69) is 9.97 Å². The molecule has 0 aliphatic carbocycles. The number of nitrogens with zero attached hydrogens (tertiary/aromatic N) is 2. The largest absolute Gasteiger partial charge is 0.497 e. The molecule has 3 heterocycles. The second kappa shape index (κ2) is 6.71. The maximum atomic E-state index is 6.70. The molecule has 0 atom stereocenters. The second-order valence-corrected chi connectivity index (χ2v) is 7.37. The molecule has 6 rings (SSSR count). The van der Waals surface area contributed by atoms with Crippen LogP contribution in [0.4, 0.5) is 0 Å². The van der Waals surface area contributed by atoms with Gasteiger partial charge >= 0.3 is 5.79 Å². The average Bonchev–Trinajstić information content (AvgIpc) is 3.27. The highest BCUT2D eigenvalue weighted by Crippen LogP contribution is 2.53. The first kappa shape index (κ1) is 17.7. The fraction of sp³-hybridized carbons (Fsp3) is 0.0769. The van der Waals surface area contributed by atoms with E-state index in [4.69, 9.17) is 14.2 Å². The van der Waals surface area contributed by atoms with Crippen molar-refractivity contribution in [3.8, 4) is 17.2 Å². The summed E-state index contributed by atoms with van der Waals surface area (Å²) in [4.78, 5) is 9.26. The van der Waals surface area contributed by atoms with Gasteiger partial charge in [-0.25, -0.2) is 0 Å². The standard InChI is InChI=1S/C26H18N2O3/c1-29-19-13-11-18(12-14-19)26(17-7-3-2-4-8-17)30-24-22-20(9-5-15-27-22)21-10-6-16-28-23(21)25(24)31-26/h2-16H,1H3. The molecule has 31 heavy (non-hydrogen) atoms. The zero-order valence-electron chi connectivity index (χ0n) is 16.8. The van der Waals surface area contributed by atoms with E-state index in [0.29, 0.717) is 11.5 Å². The van der Waals surface area contributed by atoms with Gasteiger partial charge in [-0.05, 0) is 36.4 Å². The van der Waals surface area contributed by atoms with Gasteiger partial charge in [0.1, 0.15) is 16.8 Å². The van der Waals surface area contributed by atoms with E-state index in [1.165, 1.54) is 0 Å². The Morgan fingerprint density at radius 2 is 1.19 bits per heavy atom. The molecule has 0 N–H and O–H groups in total. The summed E-state index contributed by atoms with van der Waals surface area (Å²) in [5.74, 6) is 0.802. The van der Waals surface area contributed by atoms with Crippen molar-refractivity contribution < 1.29 is 14.2 Å². The quantitative estimate of drug-likeness (QED) is 0.372. The molecule has 2 aromatic heterocycles. The number of fused-ring (bicyclic) bond motifs is 6. The molecule has 1 aliphatic rings. The highest BCUT2D eigenvalue weighted by atomic mass is 16.7. The number of aromatic nitrogens is 2. The van der Waals surface area contributed by atoms with Gasteiger partial charge < -0.3 is 14.2 Å². The molecule has 0 amide bonds. The van der Waals surface area contributed by atoms with Crippen molar-refractivity contribution in [2.45, 2.75) is 5.79 Å². The van der Waals surface area contributed by atoms with Crippen LogP contribution in [0.3, 0.4) is 0 Å². The summed E-state index contributed by atoms with van der Waals surface area (Å²) < 4.78 is 18.7. The van der Waals surface area contributed by atoms with Gasteiger partial charge in [-0.1, -0.05) is 42.5 Å². The van der Waals surface area contributed by atoms with Gasteiger partial charge in [0, 0.05) is 34.3 Å². The average molecular weight is 406 g/mol. The van der Waals surface area contributed by atoms with Crippen LogP contribution in [0, 0.1) is 0 Å². The van der Waals surface area contributed by atoms with Gasteiger partial charge in [0.15, 0.2) is 11.5 Å². The van der Waals surface area contributed by atoms with Crippen LogP contribution in [0.2, 0.25) is 0 Å². The van der Waals surface area contributed by atoms with Gasteiger partial charge in [-0.15, -0.1) is 0 Å². The predicted octanol–water partition coefficient (Wildman–Crippen LogP) is 5.46. The first-order valence-corrected chi connectivity index (χ1v) is 10.0. The van der Waals surface area contributed by atoms with E-state index < -0.39 is 5.79 Å². The number of ether oxygens (including phenoxy) is 3. The molecular weight excluding hydrogens is 388 g/mol. The van der Waals surface area contributed by atoms with Crippen molar-refractivity contribution in [2.24, 2.45) is 0 Å². The Labute approximate surface area is 178 Å². The van der Waals surface area contributed by atoms with Crippen molar-refractivity contribution in [3.05, 3.63) is 102 Å². The zero-order chi connectivity index (χ0) is 20.8. The Bertz CT molecular complexity index is 1350. The Balaban J connectivity index is 1.65. The summed E-state index contributed by atoms with van der Waals surface area (Å²) in [5, 5.41) is 1.96. The van der Waals surface area contributed by atoms with E-state index in [0.717, 1.165) is 38.7 Å². The van der Waals surface area contributed by atoms with Crippen molar-refractivity contribution in [1.82, 2.24) is 9.97 Å². The van der Waals surface area contributed by atoms with Crippen molar-refractivity contribution in [2.75, 3.05) is 7.11 Å². The Morgan fingerprint density at radius 3 is 1.74 bits per heavy atom. The lowest BCUT2D eigenvalue weighted by molar-refractivity contribution is -0.0449. The summed E-state index contributed by atoms with van der Waals surface area (Å²) in [6.07, 6.45) is 3.54. The fourth-order valence-corrected chi connectivity index (χ4v) is 4.19. The number of hydrogen-bond donors (Lipinski definition) is 0. The van der Waals surface area contributed by atoms with Gasteiger partial charge in [-0.3, -0.25) is 9.97 Å². The fourth-order valence-electron chi connectivity index (χ4n) is 4.19. The Morgan fingerprint density at radius 1 is 0.645 bits per heavy atom. The summed E-state index contributed by atoms with van der Waals surface area (Å²) in [6, 6.07) is 25.6. The van der Waals surface area contributed by atoms with E-state index >= 15 is 0 Å². The molecule has 0 bridgehead atoms. The summed E-state index contributed by atoms with van der Waals surface area (Å²) >= 11 is 0. The first-order chi connectivity index (χ1) is 15.3. The van der Waals surface area contributed by atoms with Gasteiger partial charge in [0.25, 0.3) is 0 Å². The van der Waals surface area contributed by atoms with Crippen LogP contribution < -0.4 is 14.2 Å². The van der Waals surface area contributed by atoms with E-state index in [1.54, 1.807) is 19.5 Å². The summed E-state index contributed by atoms with van der Waals surface area (Å²) in [7, 11) is 1.65. The monoisotopic (exact) mass is 406 g/mol. The third-order valence-corrected chi connectivity index (χ3v) is 5.66. The van der Waals surface area contributed by atoms with Gasteiger partial charge in [0.05, 0.1) is 7.11 Å². The second-order valence-electron chi connectivity index (χ2n) is 7.37. The number of methoxy groups -OCH3 is 1. The van der Waals surface area contributed by atoms with Crippen LogP contribution in [-0.4, -0.2) is 17.1 Å². The van der Waals surface area contributed by atoms with Crippen molar-refractivity contribution in [3.63, 3.8) is 0 Å². The minimum Gasteiger partial charge on any atom is -0.497 e. The predicted molar refractivity (Wildman–Crippen MR) is 119 cm³/mol. The van der Waals surface area contributed by atoms with E-state index in [1.807, 2.05) is 78.9 Å². The lowest BCUT2D eigenvalue weighted by Gasteiger charge is -2.28. The van der Waals surface area contributed by atoms with Gasteiger partial charge in [-0.2, -0.15) is 0 Å². The van der Waals surface area contributed by atoms with Crippen LogP contribution in [0.25, 0.3) is 21.8 Å². The minimum absolute atomic E-state index is 0.599.